The van der Waals surface area contributed by atoms with Crippen molar-refractivity contribution in [2.45, 2.75) is 39.0 Å². The molecule has 1 aromatic rings. The normalized spacial score (nSPS) is 14.2. The fraction of sp³-hybridized carbons (Fsp3) is 0.500. The summed E-state index contributed by atoms with van der Waals surface area (Å²) in [7, 11) is 0. The van der Waals surface area contributed by atoms with Gasteiger partial charge >= 0.3 is 5.97 Å². The van der Waals surface area contributed by atoms with Crippen LogP contribution in [0.25, 0.3) is 0 Å². The van der Waals surface area contributed by atoms with Gasteiger partial charge in [-0.05, 0) is 49.9 Å². The zero-order chi connectivity index (χ0) is 15.2. The monoisotopic (exact) mass is 290 g/mol. The van der Waals surface area contributed by atoms with Crippen molar-refractivity contribution in [3.63, 3.8) is 0 Å². The van der Waals surface area contributed by atoms with E-state index in [2.05, 4.69) is 16.3 Å². The van der Waals surface area contributed by atoms with Crippen LogP contribution in [0.15, 0.2) is 18.2 Å². The Kier molecular flexibility index (Phi) is 5.20. The molecule has 1 aliphatic heterocycles. The van der Waals surface area contributed by atoms with Gasteiger partial charge in [0, 0.05) is 37.3 Å². The number of rotatable bonds is 6. The Morgan fingerprint density at radius 2 is 1.95 bits per heavy atom. The lowest BCUT2D eigenvalue weighted by Crippen LogP contribution is -2.18. The molecule has 0 aromatic heterocycles. The van der Waals surface area contributed by atoms with Crippen molar-refractivity contribution in [3.8, 4) is 0 Å². The third kappa shape index (κ3) is 4.48. The second kappa shape index (κ2) is 7.11. The number of benzene rings is 1. The lowest BCUT2D eigenvalue weighted by Gasteiger charge is -2.19. The van der Waals surface area contributed by atoms with Crippen LogP contribution in [-0.2, 0) is 9.59 Å². The number of carbonyl (C=O) groups excluding carboxylic acids is 1. The van der Waals surface area contributed by atoms with Gasteiger partial charge in [0.25, 0.3) is 0 Å². The number of carboxylic acids is 1. The van der Waals surface area contributed by atoms with E-state index >= 15 is 0 Å². The smallest absolute Gasteiger partial charge is 0.303 e. The van der Waals surface area contributed by atoms with E-state index in [0.717, 1.165) is 24.3 Å². The molecule has 0 saturated carbocycles. The summed E-state index contributed by atoms with van der Waals surface area (Å²) in [6, 6.07) is 6.06. The third-order valence-electron chi connectivity index (χ3n) is 3.75. The SMILES string of the molecule is Cc1cc(N2CCCC2)ccc1NC(=O)CCCC(=O)O. The quantitative estimate of drug-likeness (QED) is 0.845. The van der Waals surface area contributed by atoms with Crippen LogP contribution in [0.5, 0.6) is 0 Å². The number of carboxylic acid groups (broad SMARTS) is 1. The molecule has 5 nitrogen and oxygen atoms in total. The molecule has 0 aliphatic carbocycles. The molecular weight excluding hydrogens is 268 g/mol. The molecule has 1 fully saturated rings. The summed E-state index contributed by atoms with van der Waals surface area (Å²) >= 11 is 0. The fourth-order valence-corrected chi connectivity index (χ4v) is 2.57. The number of carbonyl (C=O) groups is 2. The molecule has 1 aromatic carbocycles. The first-order chi connectivity index (χ1) is 10.1. The summed E-state index contributed by atoms with van der Waals surface area (Å²) in [4.78, 5) is 24.5. The van der Waals surface area contributed by atoms with Crippen LogP contribution in [0.1, 0.15) is 37.7 Å². The average molecular weight is 290 g/mol. The predicted octanol–water partition coefficient (Wildman–Crippen LogP) is 2.79. The standard InChI is InChI=1S/C16H22N2O3/c1-12-11-13(18-9-2-3-10-18)7-8-14(12)17-15(19)5-4-6-16(20)21/h7-8,11H,2-6,9-10H2,1H3,(H,17,19)(H,20,21). The molecule has 0 unspecified atom stereocenters. The van der Waals surface area contributed by atoms with Crippen molar-refractivity contribution < 1.29 is 14.7 Å². The fourth-order valence-electron chi connectivity index (χ4n) is 2.57. The van der Waals surface area contributed by atoms with E-state index in [1.165, 1.54) is 18.5 Å². The van der Waals surface area contributed by atoms with E-state index in [1.807, 2.05) is 19.1 Å². The van der Waals surface area contributed by atoms with Gasteiger partial charge in [-0.1, -0.05) is 0 Å². The lowest BCUT2D eigenvalue weighted by molar-refractivity contribution is -0.137. The van der Waals surface area contributed by atoms with Gasteiger partial charge in [-0.15, -0.1) is 0 Å². The van der Waals surface area contributed by atoms with Gasteiger partial charge < -0.3 is 15.3 Å². The van der Waals surface area contributed by atoms with E-state index in [9.17, 15) is 9.59 Å². The molecule has 0 spiro atoms. The van der Waals surface area contributed by atoms with Crippen molar-refractivity contribution in [1.82, 2.24) is 0 Å². The number of anilines is 2. The summed E-state index contributed by atoms with van der Waals surface area (Å²) in [5, 5.41) is 11.4. The van der Waals surface area contributed by atoms with Crippen molar-refractivity contribution in [2.75, 3.05) is 23.3 Å². The zero-order valence-electron chi connectivity index (χ0n) is 12.4. The summed E-state index contributed by atoms with van der Waals surface area (Å²) in [5.41, 5.74) is 3.04. The molecule has 5 heteroatoms. The molecule has 1 saturated heterocycles. The largest absolute Gasteiger partial charge is 0.481 e. The molecule has 114 valence electrons. The van der Waals surface area contributed by atoms with Crippen LogP contribution in [0.4, 0.5) is 11.4 Å². The summed E-state index contributed by atoms with van der Waals surface area (Å²) in [6.07, 6.45) is 3.11. The van der Waals surface area contributed by atoms with E-state index in [0.29, 0.717) is 6.42 Å². The van der Waals surface area contributed by atoms with Crippen LogP contribution in [-0.4, -0.2) is 30.1 Å². The van der Waals surface area contributed by atoms with Gasteiger partial charge in [0.1, 0.15) is 0 Å². The van der Waals surface area contributed by atoms with Crippen LogP contribution >= 0.6 is 0 Å². The minimum atomic E-state index is -0.867. The van der Waals surface area contributed by atoms with Crippen LogP contribution in [0.3, 0.4) is 0 Å². The second-order valence-corrected chi connectivity index (χ2v) is 5.49. The van der Waals surface area contributed by atoms with E-state index in [1.54, 1.807) is 0 Å². The van der Waals surface area contributed by atoms with Gasteiger partial charge in [0.2, 0.25) is 5.91 Å². The highest BCUT2D eigenvalue weighted by molar-refractivity contribution is 5.92. The molecule has 2 N–H and O–H groups in total. The Morgan fingerprint density at radius 1 is 1.24 bits per heavy atom. The number of amides is 1. The van der Waals surface area contributed by atoms with Crippen LogP contribution in [0, 0.1) is 6.92 Å². The molecule has 1 aliphatic rings. The topological polar surface area (TPSA) is 69.6 Å². The Morgan fingerprint density at radius 3 is 2.57 bits per heavy atom. The summed E-state index contributed by atoms with van der Waals surface area (Å²) in [5.74, 6) is -0.998. The molecule has 1 heterocycles. The predicted molar refractivity (Wildman–Crippen MR) is 82.7 cm³/mol. The second-order valence-electron chi connectivity index (χ2n) is 5.49. The van der Waals surface area contributed by atoms with E-state index in [-0.39, 0.29) is 18.7 Å². The maximum absolute atomic E-state index is 11.8. The van der Waals surface area contributed by atoms with Crippen molar-refractivity contribution in [3.05, 3.63) is 23.8 Å². The molecule has 21 heavy (non-hydrogen) atoms. The van der Waals surface area contributed by atoms with Crippen molar-refractivity contribution in [2.24, 2.45) is 0 Å². The highest BCUT2D eigenvalue weighted by Crippen LogP contribution is 2.25. The molecule has 2 rings (SSSR count). The van der Waals surface area contributed by atoms with E-state index < -0.39 is 5.97 Å². The number of nitrogens with zero attached hydrogens (tertiary/aromatic N) is 1. The zero-order valence-corrected chi connectivity index (χ0v) is 12.4. The van der Waals surface area contributed by atoms with Gasteiger partial charge in [-0.3, -0.25) is 9.59 Å². The highest BCUT2D eigenvalue weighted by Gasteiger charge is 2.13. The van der Waals surface area contributed by atoms with Gasteiger partial charge in [-0.2, -0.15) is 0 Å². The Hall–Kier alpha value is -2.04. The first-order valence-corrected chi connectivity index (χ1v) is 7.43. The molecule has 0 bridgehead atoms. The average Bonchev–Trinajstić information content (AvgIpc) is 2.94. The maximum atomic E-state index is 11.8. The Bertz CT molecular complexity index is 522. The molecule has 0 atom stereocenters. The number of aliphatic carboxylic acids is 1. The number of hydrogen-bond donors (Lipinski definition) is 2. The first kappa shape index (κ1) is 15.4. The highest BCUT2D eigenvalue weighted by atomic mass is 16.4. The number of hydrogen-bond acceptors (Lipinski definition) is 3. The van der Waals surface area contributed by atoms with Crippen LogP contribution in [0.2, 0.25) is 0 Å². The molecule has 1 amide bonds. The molecule has 0 radical (unpaired) electrons. The minimum Gasteiger partial charge on any atom is -0.481 e. The summed E-state index contributed by atoms with van der Waals surface area (Å²) in [6.45, 7) is 4.17. The minimum absolute atomic E-state index is 0.0281. The number of nitrogens with one attached hydrogen (secondary N) is 1. The Labute approximate surface area is 125 Å². The van der Waals surface area contributed by atoms with E-state index in [4.69, 9.17) is 5.11 Å². The molecular formula is C16H22N2O3. The van der Waals surface area contributed by atoms with Gasteiger partial charge in [0.15, 0.2) is 0 Å². The first-order valence-electron chi connectivity index (χ1n) is 7.43. The lowest BCUT2D eigenvalue weighted by atomic mass is 10.1. The maximum Gasteiger partial charge on any atom is 0.303 e. The van der Waals surface area contributed by atoms with Crippen molar-refractivity contribution in [1.29, 1.82) is 0 Å². The Balaban J connectivity index is 1.91. The van der Waals surface area contributed by atoms with Gasteiger partial charge in [0.05, 0.1) is 0 Å². The van der Waals surface area contributed by atoms with Gasteiger partial charge in [-0.25, -0.2) is 0 Å². The van der Waals surface area contributed by atoms with Crippen LogP contribution < -0.4 is 10.2 Å². The third-order valence-corrected chi connectivity index (χ3v) is 3.75. The number of aryl methyl sites for hydroxylation is 1. The van der Waals surface area contributed by atoms with Crippen molar-refractivity contribution >= 4 is 23.3 Å². The summed E-state index contributed by atoms with van der Waals surface area (Å²) < 4.78 is 0.